The fraction of sp³-hybridized carbons (Fsp3) is 0.368. The molecule has 1 aliphatic heterocycles. The highest BCUT2D eigenvalue weighted by Gasteiger charge is 2.34. The van der Waals surface area contributed by atoms with Gasteiger partial charge in [-0.1, -0.05) is 0 Å². The second kappa shape index (κ2) is 7.37. The summed E-state index contributed by atoms with van der Waals surface area (Å²) in [6.07, 6.45) is 2.46. The van der Waals surface area contributed by atoms with Crippen molar-refractivity contribution in [1.29, 1.82) is 0 Å². The highest BCUT2D eigenvalue weighted by Crippen LogP contribution is 2.41. The van der Waals surface area contributed by atoms with Crippen LogP contribution in [0.15, 0.2) is 36.5 Å². The van der Waals surface area contributed by atoms with Crippen LogP contribution in [0.4, 0.5) is 5.82 Å². The Hall–Kier alpha value is -2.54. The Morgan fingerprint density at radius 1 is 1.27 bits per heavy atom. The van der Waals surface area contributed by atoms with Crippen molar-refractivity contribution < 1.29 is 14.2 Å². The van der Waals surface area contributed by atoms with Crippen molar-refractivity contribution in [2.24, 2.45) is 0 Å². The van der Waals surface area contributed by atoms with Gasteiger partial charge in [-0.25, -0.2) is 4.98 Å². The standard InChI is InChI=1S/C19H23N3O3S/c1-19(2)11-14(13-8-7-12(23-3)10-16(13)25-19)21-18(26)22-17-15(24-4)6-5-9-20-17/h5-10,14H,11H2,1-4H3,(H2,20,21,22,26). The quantitative estimate of drug-likeness (QED) is 0.793. The van der Waals surface area contributed by atoms with E-state index >= 15 is 0 Å². The molecule has 26 heavy (non-hydrogen) atoms. The summed E-state index contributed by atoms with van der Waals surface area (Å²) in [5.41, 5.74) is 0.720. The summed E-state index contributed by atoms with van der Waals surface area (Å²) in [4.78, 5) is 4.27. The molecule has 1 aliphatic rings. The summed E-state index contributed by atoms with van der Waals surface area (Å²) < 4.78 is 16.7. The molecule has 1 aromatic carbocycles. The minimum absolute atomic E-state index is 0.00867. The van der Waals surface area contributed by atoms with E-state index < -0.39 is 0 Å². The molecule has 0 saturated carbocycles. The maximum absolute atomic E-state index is 6.11. The highest BCUT2D eigenvalue weighted by atomic mass is 32.1. The number of nitrogens with one attached hydrogen (secondary N) is 2. The smallest absolute Gasteiger partial charge is 0.174 e. The molecule has 0 amide bonds. The normalized spacial score (nSPS) is 17.5. The van der Waals surface area contributed by atoms with E-state index in [4.69, 9.17) is 26.4 Å². The van der Waals surface area contributed by atoms with E-state index in [9.17, 15) is 0 Å². The molecule has 1 aromatic heterocycles. The number of benzene rings is 1. The molecule has 2 aromatic rings. The molecule has 7 heteroatoms. The Balaban J connectivity index is 1.80. The van der Waals surface area contributed by atoms with Crippen LogP contribution >= 0.6 is 12.2 Å². The summed E-state index contributed by atoms with van der Waals surface area (Å²) in [6, 6.07) is 9.48. The second-order valence-electron chi connectivity index (χ2n) is 6.67. The lowest BCUT2D eigenvalue weighted by molar-refractivity contribution is 0.0693. The van der Waals surface area contributed by atoms with Crippen molar-refractivity contribution >= 4 is 23.1 Å². The van der Waals surface area contributed by atoms with Crippen LogP contribution in [0, 0.1) is 0 Å². The SMILES string of the molecule is COc1ccc2c(c1)OC(C)(C)CC2NC(=S)Nc1ncccc1OC. The van der Waals surface area contributed by atoms with Crippen molar-refractivity contribution in [2.45, 2.75) is 31.9 Å². The largest absolute Gasteiger partial charge is 0.497 e. The molecule has 1 unspecified atom stereocenters. The molecule has 2 heterocycles. The van der Waals surface area contributed by atoms with Crippen LogP contribution < -0.4 is 24.8 Å². The number of methoxy groups -OCH3 is 2. The van der Waals surface area contributed by atoms with Crippen LogP contribution in [0.2, 0.25) is 0 Å². The van der Waals surface area contributed by atoms with E-state index in [2.05, 4.69) is 29.5 Å². The van der Waals surface area contributed by atoms with Crippen LogP contribution in [0.1, 0.15) is 31.9 Å². The summed E-state index contributed by atoms with van der Waals surface area (Å²) >= 11 is 5.49. The van der Waals surface area contributed by atoms with Crippen molar-refractivity contribution in [3.8, 4) is 17.2 Å². The first kappa shape index (κ1) is 18.3. The Morgan fingerprint density at radius 3 is 2.81 bits per heavy atom. The average molecular weight is 373 g/mol. The fourth-order valence-electron chi connectivity index (χ4n) is 3.04. The average Bonchev–Trinajstić information content (AvgIpc) is 2.60. The van der Waals surface area contributed by atoms with E-state index in [0.717, 1.165) is 23.5 Å². The molecular weight excluding hydrogens is 350 g/mol. The minimum Gasteiger partial charge on any atom is -0.497 e. The molecule has 0 fully saturated rings. The molecule has 0 radical (unpaired) electrons. The third kappa shape index (κ3) is 3.99. The first-order valence-corrected chi connectivity index (χ1v) is 8.76. The zero-order valence-electron chi connectivity index (χ0n) is 15.3. The second-order valence-corrected chi connectivity index (χ2v) is 7.08. The predicted molar refractivity (Wildman–Crippen MR) is 105 cm³/mol. The van der Waals surface area contributed by atoms with Crippen LogP contribution in [0.3, 0.4) is 0 Å². The number of hydrogen-bond donors (Lipinski definition) is 2. The number of anilines is 1. The van der Waals surface area contributed by atoms with Gasteiger partial charge in [0, 0.05) is 24.2 Å². The van der Waals surface area contributed by atoms with Crippen LogP contribution in [0.5, 0.6) is 17.2 Å². The molecule has 0 aliphatic carbocycles. The lowest BCUT2D eigenvalue weighted by Crippen LogP contribution is -2.42. The Kier molecular flexibility index (Phi) is 5.18. The van der Waals surface area contributed by atoms with Gasteiger partial charge >= 0.3 is 0 Å². The van der Waals surface area contributed by atoms with E-state index in [-0.39, 0.29) is 11.6 Å². The molecule has 0 spiro atoms. The topological polar surface area (TPSA) is 64.6 Å². The number of fused-ring (bicyclic) bond motifs is 1. The molecule has 0 saturated heterocycles. The van der Waals surface area contributed by atoms with E-state index in [0.29, 0.717) is 16.7 Å². The lowest BCUT2D eigenvalue weighted by atomic mass is 9.89. The van der Waals surface area contributed by atoms with Gasteiger partial charge in [0.15, 0.2) is 16.7 Å². The zero-order valence-corrected chi connectivity index (χ0v) is 16.1. The lowest BCUT2D eigenvalue weighted by Gasteiger charge is -2.38. The van der Waals surface area contributed by atoms with Gasteiger partial charge in [-0.15, -0.1) is 0 Å². The molecular formula is C19H23N3O3S. The van der Waals surface area contributed by atoms with Crippen LogP contribution in [0.25, 0.3) is 0 Å². The fourth-order valence-corrected chi connectivity index (χ4v) is 3.28. The number of hydrogen-bond acceptors (Lipinski definition) is 5. The molecule has 3 rings (SSSR count). The number of rotatable bonds is 4. The van der Waals surface area contributed by atoms with E-state index in [1.165, 1.54) is 0 Å². The predicted octanol–water partition coefficient (Wildman–Crippen LogP) is 3.69. The summed E-state index contributed by atoms with van der Waals surface area (Å²) in [5.74, 6) is 2.78. The monoisotopic (exact) mass is 373 g/mol. The number of pyridine rings is 1. The third-order valence-corrected chi connectivity index (χ3v) is 4.43. The molecule has 0 bridgehead atoms. The van der Waals surface area contributed by atoms with Gasteiger partial charge in [0.05, 0.1) is 20.3 Å². The minimum atomic E-state index is -0.324. The van der Waals surface area contributed by atoms with Crippen molar-refractivity contribution in [3.05, 3.63) is 42.1 Å². The van der Waals surface area contributed by atoms with Crippen molar-refractivity contribution in [1.82, 2.24) is 10.3 Å². The van der Waals surface area contributed by atoms with Crippen LogP contribution in [-0.4, -0.2) is 29.9 Å². The zero-order chi connectivity index (χ0) is 18.7. The van der Waals surface area contributed by atoms with Gasteiger partial charge in [0.1, 0.15) is 17.1 Å². The third-order valence-electron chi connectivity index (χ3n) is 4.21. The number of aromatic nitrogens is 1. The van der Waals surface area contributed by atoms with Gasteiger partial charge in [-0.05, 0) is 50.3 Å². The molecule has 6 nitrogen and oxygen atoms in total. The Bertz CT molecular complexity index is 810. The first-order chi connectivity index (χ1) is 12.4. The number of thiocarbonyl (C=S) groups is 1. The number of ether oxygens (including phenoxy) is 3. The maximum atomic E-state index is 6.11. The summed E-state index contributed by atoms with van der Waals surface area (Å²) in [7, 11) is 3.24. The maximum Gasteiger partial charge on any atom is 0.174 e. The molecule has 138 valence electrons. The Labute approximate surface area is 158 Å². The van der Waals surface area contributed by atoms with E-state index in [1.54, 1.807) is 20.4 Å². The highest BCUT2D eigenvalue weighted by molar-refractivity contribution is 7.80. The van der Waals surface area contributed by atoms with Gasteiger partial charge in [0.25, 0.3) is 0 Å². The Morgan fingerprint density at radius 2 is 2.08 bits per heavy atom. The van der Waals surface area contributed by atoms with Gasteiger partial charge in [0.2, 0.25) is 0 Å². The van der Waals surface area contributed by atoms with Crippen LogP contribution in [-0.2, 0) is 0 Å². The molecule has 2 N–H and O–H groups in total. The molecule has 1 atom stereocenters. The number of nitrogens with zero attached hydrogens (tertiary/aromatic N) is 1. The van der Waals surface area contributed by atoms with Crippen molar-refractivity contribution in [3.63, 3.8) is 0 Å². The summed E-state index contributed by atoms with van der Waals surface area (Å²) in [6.45, 7) is 4.12. The van der Waals surface area contributed by atoms with Gasteiger partial charge in [-0.2, -0.15) is 0 Å². The van der Waals surface area contributed by atoms with Gasteiger partial charge < -0.3 is 24.8 Å². The van der Waals surface area contributed by atoms with E-state index in [1.807, 2.05) is 30.3 Å². The first-order valence-electron chi connectivity index (χ1n) is 8.35. The van der Waals surface area contributed by atoms with Gasteiger partial charge in [-0.3, -0.25) is 0 Å². The summed E-state index contributed by atoms with van der Waals surface area (Å²) in [5, 5.41) is 6.96. The van der Waals surface area contributed by atoms with Crippen molar-refractivity contribution in [2.75, 3.05) is 19.5 Å².